The van der Waals surface area contributed by atoms with Gasteiger partial charge in [-0.3, -0.25) is 9.10 Å². The molecule has 8 heteroatoms. The first kappa shape index (κ1) is 21.2. The van der Waals surface area contributed by atoms with Gasteiger partial charge < -0.3 is 9.64 Å². The molecule has 0 saturated heterocycles. The zero-order chi connectivity index (χ0) is 20.5. The molecule has 27 heavy (non-hydrogen) atoms. The maximum atomic E-state index is 12.3. The number of amides is 1. The molecule has 7 nitrogen and oxygen atoms in total. The van der Waals surface area contributed by atoms with E-state index < -0.39 is 16.0 Å². The van der Waals surface area contributed by atoms with Crippen LogP contribution in [0.3, 0.4) is 0 Å². The Hall–Kier alpha value is -2.09. The number of esters is 1. The molecule has 0 unspecified atom stereocenters. The number of sulfonamides is 1. The van der Waals surface area contributed by atoms with Gasteiger partial charge in [-0.1, -0.05) is 0 Å². The molecule has 1 aliphatic rings. The average molecular weight is 397 g/mol. The summed E-state index contributed by atoms with van der Waals surface area (Å²) in [5, 5.41) is 0. The third-order valence-corrected chi connectivity index (χ3v) is 5.82. The lowest BCUT2D eigenvalue weighted by Gasteiger charge is -2.30. The van der Waals surface area contributed by atoms with E-state index >= 15 is 0 Å². The van der Waals surface area contributed by atoms with E-state index in [1.165, 1.54) is 16.6 Å². The van der Waals surface area contributed by atoms with E-state index in [1.54, 1.807) is 17.0 Å². The topological polar surface area (TPSA) is 84.0 Å². The monoisotopic (exact) mass is 396 g/mol. The molecule has 1 heterocycles. The van der Waals surface area contributed by atoms with Crippen molar-refractivity contribution in [3.8, 4) is 0 Å². The smallest absolute Gasteiger partial charge is 0.338 e. The lowest BCUT2D eigenvalue weighted by atomic mass is 10.1. The Bertz CT molecular complexity index is 825. The lowest BCUT2D eigenvalue weighted by molar-refractivity contribution is -0.138. The van der Waals surface area contributed by atoms with Gasteiger partial charge in [0.05, 0.1) is 17.5 Å². The van der Waals surface area contributed by atoms with Crippen LogP contribution in [0.25, 0.3) is 0 Å². The zero-order valence-corrected chi connectivity index (χ0v) is 17.5. The second kappa shape index (κ2) is 7.88. The molecule has 0 aromatic heterocycles. The first-order valence-corrected chi connectivity index (χ1v) is 10.9. The van der Waals surface area contributed by atoms with Crippen LogP contribution < -0.4 is 4.31 Å². The van der Waals surface area contributed by atoms with E-state index in [1.807, 2.05) is 34.6 Å². The van der Waals surface area contributed by atoms with Gasteiger partial charge in [0.15, 0.2) is 6.61 Å². The van der Waals surface area contributed by atoms with Gasteiger partial charge in [0.1, 0.15) is 0 Å². The van der Waals surface area contributed by atoms with Crippen molar-refractivity contribution < 1.29 is 22.7 Å². The van der Waals surface area contributed by atoms with Crippen LogP contribution in [-0.4, -0.2) is 56.2 Å². The minimum absolute atomic E-state index is 0.0136. The fourth-order valence-electron chi connectivity index (χ4n) is 3.69. The van der Waals surface area contributed by atoms with Crippen molar-refractivity contribution in [2.24, 2.45) is 0 Å². The fraction of sp³-hybridized carbons (Fsp3) is 0.579. The number of benzene rings is 1. The molecule has 0 bridgehead atoms. The molecule has 0 spiro atoms. The largest absolute Gasteiger partial charge is 0.452 e. The van der Waals surface area contributed by atoms with Crippen LogP contribution in [0.5, 0.6) is 0 Å². The molecule has 0 radical (unpaired) electrons. The maximum Gasteiger partial charge on any atom is 0.338 e. The van der Waals surface area contributed by atoms with E-state index in [2.05, 4.69) is 0 Å². The highest BCUT2D eigenvalue weighted by atomic mass is 32.2. The Morgan fingerprint density at radius 1 is 1.22 bits per heavy atom. The van der Waals surface area contributed by atoms with Crippen molar-refractivity contribution in [1.29, 1.82) is 0 Å². The molecule has 1 amide bonds. The van der Waals surface area contributed by atoms with Crippen LogP contribution in [0, 0.1) is 0 Å². The van der Waals surface area contributed by atoms with Crippen LogP contribution in [0.2, 0.25) is 0 Å². The average Bonchev–Trinajstić information content (AvgIpc) is 2.86. The first-order chi connectivity index (χ1) is 12.4. The Morgan fingerprint density at radius 3 is 2.33 bits per heavy atom. The summed E-state index contributed by atoms with van der Waals surface area (Å²) < 4.78 is 30.5. The number of ether oxygens (including phenoxy) is 1. The van der Waals surface area contributed by atoms with Gasteiger partial charge >= 0.3 is 5.97 Å². The summed E-state index contributed by atoms with van der Waals surface area (Å²) in [5.74, 6) is -0.838. The minimum Gasteiger partial charge on any atom is -0.452 e. The summed E-state index contributed by atoms with van der Waals surface area (Å²) in [6.07, 6.45) is 1.69. The Kier molecular flexibility index (Phi) is 6.19. The quantitative estimate of drug-likeness (QED) is 0.688. The highest BCUT2D eigenvalue weighted by Gasteiger charge is 2.33. The van der Waals surface area contributed by atoms with Crippen LogP contribution in [0.4, 0.5) is 5.69 Å². The number of carbonyl (C=O) groups is 2. The molecule has 1 atom stereocenters. The first-order valence-electron chi connectivity index (χ1n) is 9.04. The molecule has 0 saturated carbocycles. The number of hydrogen-bond acceptors (Lipinski definition) is 5. The Labute approximate surface area is 161 Å². The van der Waals surface area contributed by atoms with Crippen molar-refractivity contribution in [3.05, 3.63) is 29.3 Å². The number of anilines is 1. The molecule has 1 aromatic rings. The SMILES string of the molecule is CC(C)N(C(=O)COC(=O)c1ccc2c(c1)C[C@@H](C)N2S(C)(=O)=O)C(C)C. The standard InChI is InChI=1S/C19H28N2O5S/c1-12(2)20(13(3)4)18(22)11-26-19(23)15-7-8-17-16(10-15)9-14(5)21(17)27(6,24)25/h7-8,10,12-14H,9,11H2,1-6H3/t14-/m1/s1. The highest BCUT2D eigenvalue weighted by molar-refractivity contribution is 7.92. The number of carbonyl (C=O) groups excluding carboxylic acids is 2. The molecule has 1 aliphatic heterocycles. The lowest BCUT2D eigenvalue weighted by Crippen LogP contribution is -2.44. The van der Waals surface area contributed by atoms with Gasteiger partial charge in [0, 0.05) is 18.1 Å². The van der Waals surface area contributed by atoms with E-state index in [4.69, 9.17) is 4.74 Å². The highest BCUT2D eigenvalue weighted by Crippen LogP contribution is 2.34. The molecule has 150 valence electrons. The zero-order valence-electron chi connectivity index (χ0n) is 16.7. The second-order valence-electron chi connectivity index (χ2n) is 7.52. The van der Waals surface area contributed by atoms with E-state index in [-0.39, 0.29) is 30.6 Å². The van der Waals surface area contributed by atoms with Crippen LogP contribution in [0.15, 0.2) is 18.2 Å². The molecular weight excluding hydrogens is 368 g/mol. The predicted molar refractivity (Wildman–Crippen MR) is 104 cm³/mol. The van der Waals surface area contributed by atoms with Gasteiger partial charge in [-0.2, -0.15) is 0 Å². The van der Waals surface area contributed by atoms with Crippen molar-refractivity contribution >= 4 is 27.6 Å². The minimum atomic E-state index is -3.38. The predicted octanol–water partition coefficient (Wildman–Crippen LogP) is 2.20. The van der Waals surface area contributed by atoms with Gasteiger partial charge in [0.25, 0.3) is 5.91 Å². The number of rotatable bonds is 6. The molecule has 1 aromatic carbocycles. The van der Waals surface area contributed by atoms with Gasteiger partial charge in [-0.15, -0.1) is 0 Å². The summed E-state index contributed by atoms with van der Waals surface area (Å²) in [4.78, 5) is 26.3. The van der Waals surface area contributed by atoms with E-state index in [0.717, 1.165) is 5.56 Å². The Balaban J connectivity index is 2.11. The molecular formula is C19H28N2O5S. The summed E-state index contributed by atoms with van der Waals surface area (Å²) >= 11 is 0. The maximum absolute atomic E-state index is 12.3. The third-order valence-electron chi connectivity index (χ3n) is 4.55. The number of hydrogen-bond donors (Lipinski definition) is 0. The van der Waals surface area contributed by atoms with Crippen molar-refractivity contribution in [2.45, 2.75) is 59.2 Å². The van der Waals surface area contributed by atoms with Crippen molar-refractivity contribution in [1.82, 2.24) is 4.90 Å². The van der Waals surface area contributed by atoms with Gasteiger partial charge in [-0.05, 0) is 64.8 Å². The van der Waals surface area contributed by atoms with Crippen LogP contribution in [0.1, 0.15) is 50.5 Å². The molecule has 0 fully saturated rings. The third kappa shape index (κ3) is 4.61. The molecule has 0 aliphatic carbocycles. The number of nitrogens with zero attached hydrogens (tertiary/aromatic N) is 2. The summed E-state index contributed by atoms with van der Waals surface area (Å²) in [6.45, 7) is 9.15. The molecule has 0 N–H and O–H groups in total. The van der Waals surface area contributed by atoms with Gasteiger partial charge in [-0.25, -0.2) is 13.2 Å². The van der Waals surface area contributed by atoms with Crippen molar-refractivity contribution in [2.75, 3.05) is 17.2 Å². The summed E-state index contributed by atoms with van der Waals surface area (Å²) in [7, 11) is -3.38. The Morgan fingerprint density at radius 2 is 1.81 bits per heavy atom. The second-order valence-corrected chi connectivity index (χ2v) is 9.38. The van der Waals surface area contributed by atoms with Crippen molar-refractivity contribution in [3.63, 3.8) is 0 Å². The van der Waals surface area contributed by atoms with Crippen LogP contribution >= 0.6 is 0 Å². The normalized spacial score (nSPS) is 16.6. The molecule has 2 rings (SSSR count). The van der Waals surface area contributed by atoms with E-state index in [9.17, 15) is 18.0 Å². The van der Waals surface area contributed by atoms with E-state index in [0.29, 0.717) is 17.7 Å². The van der Waals surface area contributed by atoms with Gasteiger partial charge in [0.2, 0.25) is 10.0 Å². The summed E-state index contributed by atoms with van der Waals surface area (Å²) in [6, 6.07) is 4.62. The number of fused-ring (bicyclic) bond motifs is 1. The summed E-state index contributed by atoms with van der Waals surface area (Å²) in [5.41, 5.74) is 1.67. The van der Waals surface area contributed by atoms with Crippen LogP contribution in [-0.2, 0) is 26.0 Å². The fourth-order valence-corrected chi connectivity index (χ4v) is 4.96.